The smallest absolute Gasteiger partial charge is 0.306 e. The summed E-state index contributed by atoms with van der Waals surface area (Å²) < 4.78 is 8.42. The zero-order chi connectivity index (χ0) is 48.0. The number of nitrogens with two attached hydrogens (primary N) is 1. The van der Waals surface area contributed by atoms with Crippen LogP contribution in [-0.2, 0) is 22.6 Å². The first-order valence-electron chi connectivity index (χ1n) is 28.6. The lowest BCUT2D eigenvalue weighted by Crippen LogP contribution is -2.44. The van der Waals surface area contributed by atoms with E-state index in [-0.39, 0.29) is 5.97 Å². The van der Waals surface area contributed by atoms with Crippen LogP contribution in [0.1, 0.15) is 246 Å². The number of imidazole rings is 1. The molecule has 0 atom stereocenters. The van der Waals surface area contributed by atoms with Gasteiger partial charge in [-0.05, 0) is 105 Å². The maximum absolute atomic E-state index is 13.4. The van der Waals surface area contributed by atoms with Crippen LogP contribution in [0.5, 0.6) is 0 Å². The van der Waals surface area contributed by atoms with Crippen molar-refractivity contribution >= 4 is 33.7 Å². The number of nitrogens with one attached hydrogen (secondary N) is 1. The van der Waals surface area contributed by atoms with Gasteiger partial charge in [0, 0.05) is 23.9 Å². The van der Waals surface area contributed by atoms with E-state index in [4.69, 9.17) is 15.5 Å². The van der Waals surface area contributed by atoms with Gasteiger partial charge in [0.15, 0.2) is 5.82 Å². The number of carbonyl (C=O) groups excluding carboxylic acids is 1. The van der Waals surface area contributed by atoms with Gasteiger partial charge in [0.05, 0.1) is 24.1 Å². The van der Waals surface area contributed by atoms with E-state index in [1.54, 1.807) is 0 Å². The van der Waals surface area contributed by atoms with Crippen molar-refractivity contribution in [2.75, 3.05) is 39.0 Å². The number of rotatable bonds is 40. The summed E-state index contributed by atoms with van der Waals surface area (Å²) in [7, 11) is 2.40. The molecule has 4 rings (SSSR count). The summed E-state index contributed by atoms with van der Waals surface area (Å²) in [6, 6.07) is 9.51. The number of esters is 1. The number of nitrogens with zero attached hydrogens (tertiary/aromatic N) is 5. The second kappa shape index (κ2) is 33.7. The van der Waals surface area contributed by atoms with Gasteiger partial charge >= 0.3 is 5.97 Å². The molecule has 0 bridgehead atoms. The molecule has 9 heteroatoms. The third-order valence-corrected chi connectivity index (χ3v) is 14.9. The van der Waals surface area contributed by atoms with Crippen LogP contribution in [0.2, 0.25) is 0 Å². The lowest BCUT2D eigenvalue weighted by molar-refractivity contribution is -0.157. The Balaban J connectivity index is 1.20. The number of anilines is 1. The van der Waals surface area contributed by atoms with Crippen molar-refractivity contribution in [3.63, 3.8) is 0 Å². The monoisotopic (exact) mass is 930 g/mol. The summed E-state index contributed by atoms with van der Waals surface area (Å²) in [5.74, 6) is 1.18. The molecule has 1 aliphatic carbocycles. The van der Waals surface area contributed by atoms with Crippen molar-refractivity contribution in [2.24, 2.45) is 0 Å². The summed E-state index contributed by atoms with van der Waals surface area (Å²) in [6.07, 6.45) is 42.6. The number of carbonyl (C=O) groups is 1. The Labute approximate surface area is 411 Å². The average Bonchev–Trinajstić information content (AvgIpc) is 3.68. The van der Waals surface area contributed by atoms with E-state index < -0.39 is 5.60 Å². The Morgan fingerprint density at radius 1 is 0.672 bits per heavy atom. The number of hydrogen-bond donors (Lipinski definition) is 2. The molecule has 1 aromatic carbocycles. The fourth-order valence-corrected chi connectivity index (χ4v) is 10.9. The van der Waals surface area contributed by atoms with Crippen LogP contribution in [0.3, 0.4) is 0 Å². The lowest BCUT2D eigenvalue weighted by Gasteiger charge is -2.40. The molecule has 1 aliphatic rings. The normalized spacial score (nSPS) is 15.8. The Morgan fingerprint density at radius 3 is 1.69 bits per heavy atom. The highest BCUT2D eigenvalue weighted by Crippen LogP contribution is 2.31. The molecule has 1 saturated carbocycles. The second-order valence-electron chi connectivity index (χ2n) is 21.4. The van der Waals surface area contributed by atoms with E-state index in [9.17, 15) is 4.79 Å². The molecule has 3 aromatic rings. The maximum atomic E-state index is 13.4. The number of hydrogen-bond acceptors (Lipinski definition) is 8. The highest BCUT2D eigenvalue weighted by molar-refractivity contribution is 6.06. The van der Waals surface area contributed by atoms with Gasteiger partial charge in [0.25, 0.3) is 0 Å². The lowest BCUT2D eigenvalue weighted by atomic mass is 9.88. The van der Waals surface area contributed by atoms with Gasteiger partial charge in [-0.1, -0.05) is 187 Å². The molecule has 382 valence electrons. The van der Waals surface area contributed by atoms with Gasteiger partial charge in [0.2, 0.25) is 0 Å². The molecule has 0 saturated heterocycles. The minimum absolute atomic E-state index is 0.118. The third-order valence-electron chi connectivity index (χ3n) is 14.9. The largest absolute Gasteiger partial charge is 0.458 e. The van der Waals surface area contributed by atoms with Gasteiger partial charge in [0.1, 0.15) is 16.9 Å². The number of ether oxygens (including phenoxy) is 1. The van der Waals surface area contributed by atoms with Crippen LogP contribution in [0, 0.1) is 0 Å². The summed E-state index contributed by atoms with van der Waals surface area (Å²) in [6.45, 7) is 16.3. The number of fused-ring (bicyclic) bond motifs is 3. The van der Waals surface area contributed by atoms with Crippen molar-refractivity contribution in [1.82, 2.24) is 29.7 Å². The van der Waals surface area contributed by atoms with Crippen LogP contribution < -0.4 is 11.1 Å². The number of unbranched alkanes of at least 4 members (excludes halogenated alkanes) is 24. The first-order chi connectivity index (χ1) is 32.7. The van der Waals surface area contributed by atoms with Crippen LogP contribution in [0.15, 0.2) is 24.3 Å². The summed E-state index contributed by atoms with van der Waals surface area (Å²) >= 11 is 0. The summed E-state index contributed by atoms with van der Waals surface area (Å²) in [4.78, 5) is 28.6. The molecule has 0 radical (unpaired) electrons. The molecule has 0 spiro atoms. The molecule has 0 amide bonds. The minimum Gasteiger partial charge on any atom is -0.458 e. The van der Waals surface area contributed by atoms with E-state index in [1.807, 2.05) is 32.0 Å². The van der Waals surface area contributed by atoms with Crippen molar-refractivity contribution in [2.45, 2.75) is 271 Å². The SMILES string of the molecule is CCCCCCCCCCCCCCN(C)[C@H]1CC[C@@H](N(CCCCCCCCCCCCCC)CCCCCC(=O)OC(C)(C)Cn2c(CNCC)nc3c(N)nc4ccccc4c32)CC1. The molecular weight excluding hydrogens is 827 g/mol. The molecular formula is C58H103N7O2. The predicted octanol–water partition coefficient (Wildman–Crippen LogP) is 15.1. The van der Waals surface area contributed by atoms with Crippen molar-refractivity contribution in [1.29, 1.82) is 0 Å². The number of aromatic nitrogens is 3. The fourth-order valence-electron chi connectivity index (χ4n) is 10.9. The first kappa shape index (κ1) is 56.8. The van der Waals surface area contributed by atoms with Crippen LogP contribution in [0.25, 0.3) is 21.9 Å². The second-order valence-corrected chi connectivity index (χ2v) is 21.4. The molecule has 2 aromatic heterocycles. The Kier molecular flexibility index (Phi) is 28.6. The molecule has 2 heterocycles. The molecule has 0 unspecified atom stereocenters. The summed E-state index contributed by atoms with van der Waals surface area (Å²) in [5, 5.41) is 4.43. The van der Waals surface area contributed by atoms with E-state index in [2.05, 4.69) is 58.6 Å². The van der Waals surface area contributed by atoms with E-state index >= 15 is 0 Å². The minimum atomic E-state index is -0.727. The number of benzene rings is 1. The van der Waals surface area contributed by atoms with Gasteiger partial charge in [-0.15, -0.1) is 0 Å². The Morgan fingerprint density at radius 2 is 1.15 bits per heavy atom. The first-order valence-corrected chi connectivity index (χ1v) is 28.6. The van der Waals surface area contributed by atoms with E-state index in [1.165, 1.54) is 193 Å². The number of para-hydroxylation sites is 1. The van der Waals surface area contributed by atoms with Gasteiger partial charge in [-0.2, -0.15) is 0 Å². The number of pyridine rings is 1. The summed E-state index contributed by atoms with van der Waals surface area (Å²) in [5.41, 5.74) is 8.21. The molecule has 9 nitrogen and oxygen atoms in total. The maximum Gasteiger partial charge on any atom is 0.306 e. The van der Waals surface area contributed by atoms with Gasteiger partial charge < -0.3 is 30.2 Å². The quantitative estimate of drug-likeness (QED) is 0.0430. The van der Waals surface area contributed by atoms with Gasteiger partial charge in [-0.3, -0.25) is 4.79 Å². The molecule has 0 aliphatic heterocycles. The highest BCUT2D eigenvalue weighted by atomic mass is 16.6. The molecule has 67 heavy (non-hydrogen) atoms. The standard InChI is InChI=1S/C58H103N7O2/c1-7-10-12-14-16-18-20-22-24-26-28-34-44-63(6)49-40-42-50(43-41-49)64(45-35-29-27-25-23-21-19-17-15-13-11-8-2)46-36-30-31-39-54(66)67-58(4,5)48-65-53(47-60-9-3)62-55-56(65)51-37-32-33-38-52(51)61-57(55)59/h32-33,37-38,49-50,60H,7-31,34-36,39-48H2,1-6H3,(H2,59,61)/t49-,50+. The number of nitrogen functional groups attached to an aromatic ring is 1. The van der Waals surface area contributed by atoms with Crippen molar-refractivity contribution in [3.8, 4) is 0 Å². The molecule has 1 fully saturated rings. The van der Waals surface area contributed by atoms with Gasteiger partial charge in [-0.25, -0.2) is 9.97 Å². The third kappa shape index (κ3) is 21.8. The zero-order valence-corrected chi connectivity index (χ0v) is 44.5. The zero-order valence-electron chi connectivity index (χ0n) is 44.5. The Bertz CT molecular complexity index is 1730. The van der Waals surface area contributed by atoms with Crippen molar-refractivity contribution in [3.05, 3.63) is 30.1 Å². The van der Waals surface area contributed by atoms with Crippen LogP contribution >= 0.6 is 0 Å². The van der Waals surface area contributed by atoms with E-state index in [0.29, 0.717) is 36.9 Å². The van der Waals surface area contributed by atoms with E-state index in [0.717, 1.165) is 60.6 Å². The predicted molar refractivity (Wildman–Crippen MR) is 288 cm³/mol. The molecule has 3 N–H and O–H groups in total. The van der Waals surface area contributed by atoms with Crippen molar-refractivity contribution < 1.29 is 9.53 Å². The fraction of sp³-hybridized carbons (Fsp3) is 0.810. The van der Waals surface area contributed by atoms with Crippen LogP contribution in [-0.4, -0.2) is 81.2 Å². The average molecular weight is 931 g/mol. The highest BCUT2D eigenvalue weighted by Gasteiger charge is 2.29. The topological polar surface area (TPSA) is 102 Å². The Hall–Kier alpha value is -2.75. The van der Waals surface area contributed by atoms with Crippen LogP contribution in [0.4, 0.5) is 5.82 Å².